The smallest absolute Gasteiger partial charge is 0.161 e. The second-order valence-corrected chi connectivity index (χ2v) is 2.11. The molecule has 1 aromatic heterocycles. The number of rotatable bonds is 2. The summed E-state index contributed by atoms with van der Waals surface area (Å²) in [5.74, 6) is -0.0229. The first-order valence-corrected chi connectivity index (χ1v) is 3.03. The van der Waals surface area contributed by atoms with E-state index < -0.39 is 0 Å². The number of carbonyl (C=O) groups is 1. The lowest BCUT2D eigenvalue weighted by Gasteiger charge is -1.92. The Morgan fingerprint density at radius 2 is 2.40 bits per heavy atom. The topological polar surface area (TPSA) is 53.1 Å². The Morgan fingerprint density at radius 3 is 2.80 bits per heavy atom. The Labute approximate surface area is 58.7 Å². The number of ketones is 1. The van der Waals surface area contributed by atoms with Gasteiger partial charge in [0.15, 0.2) is 5.78 Å². The van der Waals surface area contributed by atoms with E-state index in [9.17, 15) is 4.79 Å². The van der Waals surface area contributed by atoms with Gasteiger partial charge in [0.2, 0.25) is 0 Å². The summed E-state index contributed by atoms with van der Waals surface area (Å²) in [5.41, 5.74) is 1.23. The zero-order valence-electron chi connectivity index (χ0n) is 5.72. The Kier molecular flexibility index (Phi) is 1.87. The third kappa shape index (κ3) is 1.09. The first-order valence-electron chi connectivity index (χ1n) is 3.03. The Bertz CT molecular complexity index is 240. The van der Waals surface area contributed by atoms with Crippen LogP contribution in [0.2, 0.25) is 0 Å². The van der Waals surface area contributed by atoms with Crippen LogP contribution in [0.4, 0.5) is 0 Å². The molecule has 54 valence electrons. The van der Waals surface area contributed by atoms with Gasteiger partial charge in [-0.2, -0.15) is 0 Å². The fourth-order valence-electron chi connectivity index (χ4n) is 0.855. The summed E-state index contributed by atoms with van der Waals surface area (Å²) in [5, 5.41) is 8.68. The van der Waals surface area contributed by atoms with Crippen molar-refractivity contribution >= 4 is 5.78 Å². The SMILES string of the molecule is CC(=O)c1c[nH]cc1CO. The molecule has 0 spiro atoms. The molecule has 1 heterocycles. The molecule has 1 aromatic rings. The summed E-state index contributed by atoms with van der Waals surface area (Å²) < 4.78 is 0. The normalized spacial score (nSPS) is 9.80. The number of aliphatic hydroxyl groups is 1. The van der Waals surface area contributed by atoms with Crippen LogP contribution < -0.4 is 0 Å². The number of H-pyrrole nitrogens is 1. The van der Waals surface area contributed by atoms with Gasteiger partial charge >= 0.3 is 0 Å². The third-order valence-electron chi connectivity index (χ3n) is 1.38. The zero-order valence-corrected chi connectivity index (χ0v) is 5.72. The lowest BCUT2D eigenvalue weighted by Crippen LogP contribution is -1.94. The molecule has 0 radical (unpaired) electrons. The fraction of sp³-hybridized carbons (Fsp3) is 0.286. The molecular formula is C7H9NO2. The van der Waals surface area contributed by atoms with Crippen molar-refractivity contribution in [3.05, 3.63) is 23.5 Å². The van der Waals surface area contributed by atoms with E-state index in [0.717, 1.165) is 0 Å². The molecule has 0 amide bonds. The first kappa shape index (κ1) is 7.02. The fourth-order valence-corrected chi connectivity index (χ4v) is 0.855. The molecular weight excluding hydrogens is 130 g/mol. The maximum Gasteiger partial charge on any atom is 0.161 e. The van der Waals surface area contributed by atoms with Crippen LogP contribution in [0.3, 0.4) is 0 Å². The van der Waals surface area contributed by atoms with Gasteiger partial charge in [-0.1, -0.05) is 0 Å². The van der Waals surface area contributed by atoms with Crippen LogP contribution in [0.15, 0.2) is 12.4 Å². The van der Waals surface area contributed by atoms with E-state index in [1.165, 1.54) is 6.92 Å². The monoisotopic (exact) mass is 139 g/mol. The number of nitrogens with one attached hydrogen (secondary N) is 1. The highest BCUT2D eigenvalue weighted by atomic mass is 16.3. The molecule has 1 rings (SSSR count). The van der Waals surface area contributed by atoms with Gasteiger partial charge in [0, 0.05) is 23.5 Å². The first-order chi connectivity index (χ1) is 4.75. The minimum absolute atomic E-state index is 0.0229. The molecule has 0 aliphatic heterocycles. The Balaban J connectivity index is 3.01. The van der Waals surface area contributed by atoms with Crippen molar-refractivity contribution in [2.45, 2.75) is 13.5 Å². The predicted octanol–water partition coefficient (Wildman–Crippen LogP) is 0.710. The van der Waals surface area contributed by atoms with Crippen molar-refractivity contribution in [1.29, 1.82) is 0 Å². The lowest BCUT2D eigenvalue weighted by molar-refractivity contribution is 0.101. The summed E-state index contributed by atoms with van der Waals surface area (Å²) in [6, 6.07) is 0. The van der Waals surface area contributed by atoms with E-state index in [0.29, 0.717) is 11.1 Å². The molecule has 0 aliphatic carbocycles. The van der Waals surface area contributed by atoms with E-state index in [-0.39, 0.29) is 12.4 Å². The second-order valence-electron chi connectivity index (χ2n) is 2.11. The minimum Gasteiger partial charge on any atom is -0.392 e. The van der Waals surface area contributed by atoms with Crippen molar-refractivity contribution in [2.75, 3.05) is 0 Å². The van der Waals surface area contributed by atoms with Gasteiger partial charge < -0.3 is 10.1 Å². The lowest BCUT2D eigenvalue weighted by atomic mass is 10.1. The number of aliphatic hydroxyl groups excluding tert-OH is 1. The van der Waals surface area contributed by atoms with Gasteiger partial charge in [0.1, 0.15) is 0 Å². The number of Topliss-reactive ketones (excluding diaryl/α,β-unsaturated/α-hetero) is 1. The highest BCUT2D eigenvalue weighted by molar-refractivity contribution is 5.95. The molecule has 0 aliphatic rings. The second kappa shape index (κ2) is 2.66. The molecule has 3 heteroatoms. The van der Waals surface area contributed by atoms with Crippen molar-refractivity contribution in [2.24, 2.45) is 0 Å². The number of carbonyl (C=O) groups excluding carboxylic acids is 1. The number of aromatic amines is 1. The van der Waals surface area contributed by atoms with Gasteiger partial charge in [0.05, 0.1) is 6.61 Å². The standard InChI is InChI=1S/C7H9NO2/c1-5(10)7-3-8-2-6(7)4-9/h2-3,8-9H,4H2,1H3. The van der Waals surface area contributed by atoms with Crippen molar-refractivity contribution in [3.8, 4) is 0 Å². The van der Waals surface area contributed by atoms with Crippen LogP contribution in [0.1, 0.15) is 22.8 Å². The summed E-state index contributed by atoms with van der Waals surface area (Å²) in [7, 11) is 0. The van der Waals surface area contributed by atoms with Crippen molar-refractivity contribution in [1.82, 2.24) is 4.98 Å². The highest BCUT2D eigenvalue weighted by Crippen LogP contribution is 2.07. The molecule has 10 heavy (non-hydrogen) atoms. The molecule has 0 unspecified atom stereocenters. The zero-order chi connectivity index (χ0) is 7.56. The molecule has 0 fully saturated rings. The highest BCUT2D eigenvalue weighted by Gasteiger charge is 2.05. The van der Waals surface area contributed by atoms with Crippen LogP contribution in [0, 0.1) is 0 Å². The van der Waals surface area contributed by atoms with Crippen LogP contribution in [-0.4, -0.2) is 15.9 Å². The minimum atomic E-state index is -0.0849. The van der Waals surface area contributed by atoms with E-state index in [1.54, 1.807) is 12.4 Å². The molecule has 0 aromatic carbocycles. The quantitative estimate of drug-likeness (QED) is 0.593. The average molecular weight is 139 g/mol. The largest absolute Gasteiger partial charge is 0.392 e. The maximum atomic E-state index is 10.8. The van der Waals surface area contributed by atoms with Crippen LogP contribution in [-0.2, 0) is 6.61 Å². The number of hydrogen-bond donors (Lipinski definition) is 2. The summed E-state index contributed by atoms with van der Waals surface area (Å²) >= 11 is 0. The predicted molar refractivity (Wildman–Crippen MR) is 36.7 cm³/mol. The van der Waals surface area contributed by atoms with Gasteiger partial charge in [-0.15, -0.1) is 0 Å². The summed E-state index contributed by atoms with van der Waals surface area (Å²) in [6.07, 6.45) is 3.21. The van der Waals surface area contributed by atoms with Crippen molar-refractivity contribution in [3.63, 3.8) is 0 Å². The van der Waals surface area contributed by atoms with Crippen molar-refractivity contribution < 1.29 is 9.90 Å². The van der Waals surface area contributed by atoms with E-state index in [4.69, 9.17) is 5.11 Å². The third-order valence-corrected chi connectivity index (χ3v) is 1.38. The number of hydrogen-bond acceptors (Lipinski definition) is 2. The van der Waals surface area contributed by atoms with E-state index in [2.05, 4.69) is 4.98 Å². The summed E-state index contributed by atoms with van der Waals surface area (Å²) in [4.78, 5) is 13.5. The Morgan fingerprint density at radius 1 is 1.70 bits per heavy atom. The Hall–Kier alpha value is -1.09. The molecule has 0 bridgehead atoms. The molecule has 0 atom stereocenters. The van der Waals surface area contributed by atoms with E-state index >= 15 is 0 Å². The number of aromatic nitrogens is 1. The molecule has 2 N–H and O–H groups in total. The maximum absolute atomic E-state index is 10.8. The molecule has 3 nitrogen and oxygen atoms in total. The molecule has 0 saturated heterocycles. The van der Waals surface area contributed by atoms with Gasteiger partial charge in [-0.3, -0.25) is 4.79 Å². The van der Waals surface area contributed by atoms with E-state index in [1.807, 2.05) is 0 Å². The van der Waals surface area contributed by atoms with Gasteiger partial charge in [-0.25, -0.2) is 0 Å². The average Bonchev–Trinajstić information content (AvgIpc) is 2.33. The van der Waals surface area contributed by atoms with Crippen LogP contribution in [0.5, 0.6) is 0 Å². The summed E-state index contributed by atoms with van der Waals surface area (Å²) in [6.45, 7) is 1.39. The molecule has 0 saturated carbocycles. The van der Waals surface area contributed by atoms with Gasteiger partial charge in [-0.05, 0) is 6.92 Å². The van der Waals surface area contributed by atoms with Gasteiger partial charge in [0.25, 0.3) is 0 Å². The van der Waals surface area contributed by atoms with Crippen LogP contribution >= 0.6 is 0 Å². The van der Waals surface area contributed by atoms with Crippen LogP contribution in [0.25, 0.3) is 0 Å².